The number of hydrogen-bond acceptors (Lipinski definition) is 4. The van der Waals surface area contributed by atoms with E-state index in [1.54, 1.807) is 0 Å². The van der Waals surface area contributed by atoms with Crippen LogP contribution >= 0.6 is 0 Å². The van der Waals surface area contributed by atoms with Crippen molar-refractivity contribution in [1.82, 2.24) is 0 Å². The molecule has 0 aliphatic heterocycles. The molecule has 0 radical (unpaired) electrons. The largest absolute Gasteiger partial charge is 0.392 e. The zero-order valence-corrected chi connectivity index (χ0v) is 11.5. The van der Waals surface area contributed by atoms with Gasteiger partial charge < -0.3 is 5.11 Å². The summed E-state index contributed by atoms with van der Waals surface area (Å²) in [5.74, 6) is -1.12. The highest BCUT2D eigenvalue weighted by atomic mass is 32.2. The van der Waals surface area contributed by atoms with Crippen LogP contribution in [0.25, 0.3) is 0 Å². The summed E-state index contributed by atoms with van der Waals surface area (Å²) in [6.07, 6.45) is -5.40. The summed E-state index contributed by atoms with van der Waals surface area (Å²) >= 11 is 0. The molecule has 0 fully saturated rings. The predicted molar refractivity (Wildman–Crippen MR) is 65.2 cm³/mol. The first-order valence-electron chi connectivity index (χ1n) is 5.47. The van der Waals surface area contributed by atoms with E-state index in [4.69, 9.17) is 0 Å². The quantitative estimate of drug-likeness (QED) is 0.863. The van der Waals surface area contributed by atoms with Crippen molar-refractivity contribution in [1.29, 1.82) is 0 Å². The molecule has 0 spiro atoms. The van der Waals surface area contributed by atoms with E-state index in [1.807, 2.05) is 0 Å². The van der Waals surface area contributed by atoms with Gasteiger partial charge in [-0.05, 0) is 19.1 Å². The Labute approximate surface area is 114 Å². The molecule has 112 valence electrons. The number of ketones is 1. The number of benzene rings is 1. The van der Waals surface area contributed by atoms with Gasteiger partial charge in [0, 0.05) is 11.8 Å². The monoisotopic (exact) mass is 310 g/mol. The van der Waals surface area contributed by atoms with Gasteiger partial charge in [-0.15, -0.1) is 0 Å². The van der Waals surface area contributed by atoms with Crippen LogP contribution in [-0.4, -0.2) is 37.3 Å². The molecule has 0 aliphatic carbocycles. The summed E-state index contributed by atoms with van der Waals surface area (Å²) < 4.78 is 59.2. The Balaban J connectivity index is 3.04. The second kappa shape index (κ2) is 5.17. The number of carbonyl (C=O) groups is 1. The fraction of sp³-hybridized carbons (Fsp3) is 0.417. The van der Waals surface area contributed by atoms with Crippen LogP contribution in [0.1, 0.15) is 23.7 Å². The maximum Gasteiger partial charge on any atom is 0.392 e. The van der Waals surface area contributed by atoms with Gasteiger partial charge in [0.2, 0.25) is 0 Å². The van der Waals surface area contributed by atoms with Crippen LogP contribution in [0.4, 0.5) is 13.2 Å². The van der Waals surface area contributed by atoms with Gasteiger partial charge >= 0.3 is 6.18 Å². The van der Waals surface area contributed by atoms with E-state index in [2.05, 4.69) is 0 Å². The van der Waals surface area contributed by atoms with Gasteiger partial charge in [-0.2, -0.15) is 13.2 Å². The van der Waals surface area contributed by atoms with Crippen LogP contribution in [0.3, 0.4) is 0 Å². The van der Waals surface area contributed by atoms with E-state index in [1.165, 1.54) is 0 Å². The fourth-order valence-corrected chi connectivity index (χ4v) is 2.27. The molecule has 1 N–H and O–H groups in total. The van der Waals surface area contributed by atoms with Crippen LogP contribution < -0.4 is 0 Å². The summed E-state index contributed by atoms with van der Waals surface area (Å²) in [4.78, 5) is 11.7. The third-order valence-corrected chi connectivity index (χ3v) is 3.71. The molecule has 8 heteroatoms. The van der Waals surface area contributed by atoms with Gasteiger partial charge in [0.15, 0.2) is 15.6 Å². The van der Waals surface area contributed by atoms with E-state index in [0.29, 0.717) is 0 Å². The van der Waals surface area contributed by atoms with Gasteiger partial charge in [-0.1, -0.05) is 12.1 Å². The molecule has 1 rings (SSSR count). The van der Waals surface area contributed by atoms with Crippen molar-refractivity contribution < 1.29 is 31.5 Å². The summed E-state index contributed by atoms with van der Waals surface area (Å²) in [6, 6.07) is 4.35. The average Bonchev–Trinajstić information content (AvgIpc) is 2.24. The molecule has 0 bridgehead atoms. The Morgan fingerprint density at radius 1 is 1.20 bits per heavy atom. The number of halogens is 3. The molecule has 4 nitrogen and oxygen atoms in total. The molecule has 0 heterocycles. The van der Waals surface area contributed by atoms with E-state index in [9.17, 15) is 31.5 Å². The number of carbonyl (C=O) groups excluding carboxylic acids is 1. The Morgan fingerprint density at radius 3 is 2.00 bits per heavy atom. The van der Waals surface area contributed by atoms with E-state index >= 15 is 0 Å². The van der Waals surface area contributed by atoms with E-state index in [0.717, 1.165) is 37.4 Å². The Morgan fingerprint density at radius 2 is 1.65 bits per heavy atom. The fourth-order valence-electron chi connectivity index (χ4n) is 1.64. The van der Waals surface area contributed by atoms with Crippen molar-refractivity contribution in [2.24, 2.45) is 0 Å². The summed E-state index contributed by atoms with van der Waals surface area (Å²) in [6.45, 7) is 0.771. The number of rotatable bonds is 4. The highest BCUT2D eigenvalue weighted by Crippen LogP contribution is 2.29. The van der Waals surface area contributed by atoms with Crippen LogP contribution in [-0.2, 0) is 9.84 Å². The molecule has 0 aliphatic rings. The molecule has 20 heavy (non-hydrogen) atoms. The zero-order chi connectivity index (χ0) is 15.8. The first-order chi connectivity index (χ1) is 8.83. The minimum absolute atomic E-state index is 0.0653. The summed E-state index contributed by atoms with van der Waals surface area (Å²) in [7, 11) is -3.46. The maximum absolute atomic E-state index is 12.3. The Bertz CT molecular complexity index is 601. The molecule has 0 saturated carbocycles. The van der Waals surface area contributed by atoms with Crippen LogP contribution in [0.2, 0.25) is 0 Å². The number of alkyl halides is 3. The first-order valence-corrected chi connectivity index (χ1v) is 7.36. The lowest BCUT2D eigenvalue weighted by Crippen LogP contribution is -2.39. The molecule has 0 amide bonds. The van der Waals surface area contributed by atoms with Gasteiger partial charge in [0.25, 0.3) is 0 Å². The SMILES string of the molecule is CC(O)(CC(F)(F)F)C(=O)c1ccc(S(C)(=O)=O)cc1. The normalized spacial score (nSPS) is 15.7. The van der Waals surface area contributed by atoms with E-state index < -0.39 is 33.8 Å². The minimum atomic E-state index is -4.69. The molecule has 1 unspecified atom stereocenters. The standard InChI is InChI=1S/C12H13F3O4S/c1-11(17,7-12(13,14)15)10(16)8-3-5-9(6-4-8)20(2,18)19/h3-6,17H,7H2,1-2H3. The van der Waals surface area contributed by atoms with Crippen LogP contribution in [0, 0.1) is 0 Å². The lowest BCUT2D eigenvalue weighted by molar-refractivity contribution is -0.163. The minimum Gasteiger partial charge on any atom is -0.382 e. The Kier molecular flexibility index (Phi) is 4.31. The Hall–Kier alpha value is -1.41. The zero-order valence-electron chi connectivity index (χ0n) is 10.7. The van der Waals surface area contributed by atoms with Gasteiger partial charge in [0.05, 0.1) is 11.3 Å². The van der Waals surface area contributed by atoms with Crippen molar-refractivity contribution in [3.8, 4) is 0 Å². The predicted octanol–water partition coefficient (Wildman–Crippen LogP) is 1.98. The molecule has 1 aromatic rings. The molecule has 1 aromatic carbocycles. The van der Waals surface area contributed by atoms with Gasteiger partial charge in [-0.25, -0.2) is 8.42 Å². The van der Waals surface area contributed by atoms with Crippen LogP contribution in [0.5, 0.6) is 0 Å². The van der Waals surface area contributed by atoms with Gasteiger partial charge in [0.1, 0.15) is 5.60 Å². The molecular formula is C12H13F3O4S. The first kappa shape index (κ1) is 16.6. The van der Waals surface area contributed by atoms with Crippen LogP contribution in [0.15, 0.2) is 29.2 Å². The van der Waals surface area contributed by atoms with Crippen molar-refractivity contribution in [3.05, 3.63) is 29.8 Å². The second-order valence-corrected chi connectivity index (χ2v) is 6.71. The number of hydrogen-bond donors (Lipinski definition) is 1. The molecule has 0 saturated heterocycles. The van der Waals surface area contributed by atoms with Crippen molar-refractivity contribution in [3.63, 3.8) is 0 Å². The highest BCUT2D eigenvalue weighted by molar-refractivity contribution is 7.90. The molecular weight excluding hydrogens is 297 g/mol. The number of aliphatic hydroxyl groups is 1. The van der Waals surface area contributed by atoms with Crippen molar-refractivity contribution in [2.75, 3.05) is 6.26 Å². The van der Waals surface area contributed by atoms with E-state index in [-0.39, 0.29) is 10.5 Å². The lowest BCUT2D eigenvalue weighted by Gasteiger charge is -2.23. The lowest BCUT2D eigenvalue weighted by atomic mass is 9.91. The summed E-state index contributed by atoms with van der Waals surface area (Å²) in [5, 5.41) is 9.61. The van der Waals surface area contributed by atoms with Crippen molar-refractivity contribution in [2.45, 2.75) is 30.0 Å². The smallest absolute Gasteiger partial charge is 0.382 e. The number of sulfone groups is 1. The van der Waals surface area contributed by atoms with Crippen molar-refractivity contribution >= 4 is 15.6 Å². The molecule has 1 atom stereocenters. The average molecular weight is 310 g/mol. The summed E-state index contributed by atoms with van der Waals surface area (Å²) in [5.41, 5.74) is -2.78. The maximum atomic E-state index is 12.3. The molecule has 0 aromatic heterocycles. The topological polar surface area (TPSA) is 71.4 Å². The second-order valence-electron chi connectivity index (χ2n) is 4.69. The highest BCUT2D eigenvalue weighted by Gasteiger charge is 2.43. The third kappa shape index (κ3) is 4.31. The van der Waals surface area contributed by atoms with Gasteiger partial charge in [-0.3, -0.25) is 4.79 Å². The third-order valence-electron chi connectivity index (χ3n) is 2.58. The number of Topliss-reactive ketones (excluding diaryl/α,β-unsaturated/α-hetero) is 1.